The van der Waals surface area contributed by atoms with E-state index in [0.717, 1.165) is 32.1 Å². The highest BCUT2D eigenvalue weighted by Gasteiger charge is 2.60. The zero-order valence-corrected chi connectivity index (χ0v) is 16.3. The smallest absolute Gasteiger partial charge is 0.341 e. The second kappa shape index (κ2) is 6.36. The Bertz CT molecular complexity index is 738. The van der Waals surface area contributed by atoms with E-state index in [1.807, 2.05) is 0 Å². The zero-order valence-electron chi connectivity index (χ0n) is 16.3. The summed E-state index contributed by atoms with van der Waals surface area (Å²) in [6.07, 6.45) is 10.2. The number of carbonyl (C=O) groups excluding carboxylic acids is 1. The van der Waals surface area contributed by atoms with E-state index >= 15 is 0 Å². The molecule has 2 N–H and O–H groups in total. The number of fused-ring (bicyclic) bond motifs is 5. The number of nitrogens with one attached hydrogen (secondary N) is 1. The maximum Gasteiger partial charge on any atom is 0.341 e. The van der Waals surface area contributed by atoms with Gasteiger partial charge in [0.05, 0.1) is 6.07 Å². The summed E-state index contributed by atoms with van der Waals surface area (Å²) in [6.45, 7) is 4.61. The molecule has 0 radical (unpaired) electrons. The molecular formula is C22H30N2O3. The summed E-state index contributed by atoms with van der Waals surface area (Å²) in [5.74, 6) is 0.785. The molecule has 0 aromatic carbocycles. The molecule has 3 fully saturated rings. The topological polar surface area (TPSA) is 90.2 Å². The summed E-state index contributed by atoms with van der Waals surface area (Å²) in [5, 5.41) is 21.5. The summed E-state index contributed by atoms with van der Waals surface area (Å²) in [6, 6.07) is 2.37. The van der Waals surface area contributed by atoms with Crippen LogP contribution in [0.4, 0.5) is 0 Å². The minimum Gasteiger partial charge on any atom is -0.478 e. The number of carboxylic acid groups (broad SMARTS) is 1. The van der Waals surface area contributed by atoms with Crippen molar-refractivity contribution in [1.29, 1.82) is 5.26 Å². The summed E-state index contributed by atoms with van der Waals surface area (Å²) >= 11 is 0. The number of carbonyl (C=O) groups is 2. The average molecular weight is 370 g/mol. The van der Waals surface area contributed by atoms with Gasteiger partial charge in [0.25, 0.3) is 5.91 Å². The molecule has 2 unspecified atom stereocenters. The zero-order chi connectivity index (χ0) is 19.4. The predicted octanol–water partition coefficient (Wildman–Crippen LogP) is 3.66. The molecule has 0 aromatic rings. The van der Waals surface area contributed by atoms with Gasteiger partial charge in [0.1, 0.15) is 5.57 Å². The molecule has 3 saturated carbocycles. The number of hydrogen-bond donors (Lipinski definition) is 2. The van der Waals surface area contributed by atoms with Crippen LogP contribution in [0.5, 0.6) is 0 Å². The number of hydrogen-bond acceptors (Lipinski definition) is 3. The second-order valence-corrected chi connectivity index (χ2v) is 9.72. The Morgan fingerprint density at radius 2 is 2.04 bits per heavy atom. The fraction of sp³-hybridized carbons (Fsp3) is 0.773. The van der Waals surface area contributed by atoms with Crippen LogP contribution in [0.15, 0.2) is 11.6 Å². The highest BCUT2D eigenvalue weighted by Crippen LogP contribution is 2.65. The molecule has 0 saturated heterocycles. The Labute approximate surface area is 161 Å². The largest absolute Gasteiger partial charge is 0.478 e. The average Bonchev–Trinajstić information content (AvgIpc) is 2.96. The lowest BCUT2D eigenvalue weighted by molar-refractivity contribution is -0.137. The van der Waals surface area contributed by atoms with Crippen LogP contribution in [0.25, 0.3) is 0 Å². The predicted molar refractivity (Wildman–Crippen MR) is 100 cm³/mol. The van der Waals surface area contributed by atoms with E-state index in [-0.39, 0.29) is 17.0 Å². The Morgan fingerprint density at radius 1 is 1.26 bits per heavy atom. The molecule has 1 aliphatic heterocycles. The van der Waals surface area contributed by atoms with Crippen molar-refractivity contribution < 1.29 is 14.7 Å². The summed E-state index contributed by atoms with van der Waals surface area (Å²) < 4.78 is 0. The van der Waals surface area contributed by atoms with Crippen LogP contribution in [0.1, 0.15) is 65.2 Å². The second-order valence-electron chi connectivity index (χ2n) is 9.72. The van der Waals surface area contributed by atoms with Gasteiger partial charge in [-0.15, -0.1) is 0 Å². The van der Waals surface area contributed by atoms with Crippen LogP contribution in [0.3, 0.4) is 0 Å². The van der Waals surface area contributed by atoms with Crippen LogP contribution in [0, 0.1) is 45.8 Å². The number of carboxylic acids is 1. The Morgan fingerprint density at radius 3 is 2.74 bits per heavy atom. The van der Waals surface area contributed by atoms with E-state index in [0.29, 0.717) is 35.5 Å². The molecule has 4 rings (SSSR count). The van der Waals surface area contributed by atoms with E-state index in [1.54, 1.807) is 6.08 Å². The molecule has 1 heterocycles. The summed E-state index contributed by atoms with van der Waals surface area (Å²) in [5.41, 5.74) is -0.0317. The highest BCUT2D eigenvalue weighted by molar-refractivity contribution is 6.16. The van der Waals surface area contributed by atoms with E-state index < -0.39 is 11.9 Å². The minimum absolute atomic E-state index is 0.0505. The third-order valence-corrected chi connectivity index (χ3v) is 8.81. The molecule has 0 bridgehead atoms. The van der Waals surface area contributed by atoms with Crippen molar-refractivity contribution >= 4 is 11.9 Å². The molecule has 0 aromatic heterocycles. The van der Waals surface area contributed by atoms with Crippen molar-refractivity contribution in [3.8, 4) is 6.07 Å². The van der Waals surface area contributed by atoms with Gasteiger partial charge in [-0.25, -0.2) is 4.79 Å². The maximum atomic E-state index is 12.2. The van der Waals surface area contributed by atoms with Gasteiger partial charge < -0.3 is 10.4 Å². The van der Waals surface area contributed by atoms with Crippen molar-refractivity contribution in [2.24, 2.45) is 34.5 Å². The van der Waals surface area contributed by atoms with E-state index in [1.165, 1.54) is 12.8 Å². The highest BCUT2D eigenvalue weighted by atomic mass is 16.4. The Hall–Kier alpha value is -1.83. The van der Waals surface area contributed by atoms with Crippen molar-refractivity contribution in [2.75, 3.05) is 0 Å². The van der Waals surface area contributed by atoms with Gasteiger partial charge in [0.2, 0.25) is 0 Å². The maximum absolute atomic E-state index is 12.2. The number of rotatable bonds is 3. The van der Waals surface area contributed by atoms with Crippen LogP contribution in [-0.4, -0.2) is 23.0 Å². The van der Waals surface area contributed by atoms with Crippen molar-refractivity contribution in [2.45, 2.75) is 71.3 Å². The third kappa shape index (κ3) is 2.63. The molecule has 7 atom stereocenters. The lowest BCUT2D eigenvalue weighted by Gasteiger charge is -2.59. The molecule has 0 spiro atoms. The van der Waals surface area contributed by atoms with Gasteiger partial charge in [-0.05, 0) is 74.0 Å². The molecule has 3 aliphatic carbocycles. The molecule has 1 amide bonds. The van der Waals surface area contributed by atoms with Crippen molar-refractivity contribution in [3.63, 3.8) is 0 Å². The van der Waals surface area contributed by atoms with Gasteiger partial charge >= 0.3 is 5.97 Å². The first-order valence-corrected chi connectivity index (χ1v) is 10.4. The van der Waals surface area contributed by atoms with Crippen LogP contribution in [0.2, 0.25) is 0 Å². The van der Waals surface area contributed by atoms with Crippen LogP contribution < -0.4 is 5.32 Å². The normalized spacial score (nSPS) is 45.6. The third-order valence-electron chi connectivity index (χ3n) is 8.81. The molecule has 5 nitrogen and oxygen atoms in total. The number of nitriles is 1. The first kappa shape index (κ1) is 18.5. The van der Waals surface area contributed by atoms with Crippen LogP contribution in [-0.2, 0) is 9.59 Å². The quantitative estimate of drug-likeness (QED) is 0.742. The van der Waals surface area contributed by atoms with E-state index in [4.69, 9.17) is 5.26 Å². The first-order valence-electron chi connectivity index (χ1n) is 10.4. The summed E-state index contributed by atoms with van der Waals surface area (Å²) in [7, 11) is 0. The number of amides is 1. The molecule has 5 heteroatoms. The standard InChI is InChI=1S/C22H30N2O3/c1-21-10-9-17-14(16(21)7-5-13(21)4-3-11-23)6-8-18-22(17,2)12-15(20(26)27)19(25)24-18/h12-14,16-18H,3-10H2,1-2H3,(H,24,25)(H,26,27)/t13?,14-,16-,17+,18?,21+,22+/m0/s1. The van der Waals surface area contributed by atoms with Gasteiger partial charge in [0, 0.05) is 17.9 Å². The van der Waals surface area contributed by atoms with Gasteiger partial charge in [-0.3, -0.25) is 4.79 Å². The lowest BCUT2D eigenvalue weighted by atomic mass is 9.47. The van der Waals surface area contributed by atoms with Crippen molar-refractivity contribution in [1.82, 2.24) is 5.32 Å². The van der Waals surface area contributed by atoms with Crippen molar-refractivity contribution in [3.05, 3.63) is 11.6 Å². The number of aliphatic carboxylic acids is 1. The number of nitrogens with zero attached hydrogens (tertiary/aromatic N) is 1. The molecule has 146 valence electrons. The molecular weight excluding hydrogens is 340 g/mol. The lowest BCUT2D eigenvalue weighted by Crippen LogP contribution is -2.60. The fourth-order valence-corrected chi connectivity index (χ4v) is 7.42. The molecule has 27 heavy (non-hydrogen) atoms. The van der Waals surface area contributed by atoms with E-state index in [9.17, 15) is 14.7 Å². The fourth-order valence-electron chi connectivity index (χ4n) is 7.42. The first-order chi connectivity index (χ1) is 12.8. The van der Waals surface area contributed by atoms with Crippen LogP contribution >= 0.6 is 0 Å². The molecule has 4 aliphatic rings. The monoisotopic (exact) mass is 370 g/mol. The Balaban J connectivity index is 1.64. The van der Waals surface area contributed by atoms with Gasteiger partial charge in [0.15, 0.2) is 0 Å². The van der Waals surface area contributed by atoms with Gasteiger partial charge in [-0.2, -0.15) is 5.26 Å². The van der Waals surface area contributed by atoms with E-state index in [2.05, 4.69) is 25.2 Å². The summed E-state index contributed by atoms with van der Waals surface area (Å²) in [4.78, 5) is 23.7. The Kier molecular flexibility index (Phi) is 4.36. The van der Waals surface area contributed by atoms with Gasteiger partial charge in [-0.1, -0.05) is 19.9 Å². The minimum atomic E-state index is -1.12. The SMILES string of the molecule is C[C@]12C=C(C(=O)O)C(=O)NC1CC[C@@H]1[C@H]2CC[C@]2(C)C(CCC#N)CC[C@@H]12.